The number of thioether (sulfide) groups is 1. The zero-order valence-corrected chi connectivity index (χ0v) is 10.8. The van der Waals surface area contributed by atoms with Crippen LogP contribution < -0.4 is 5.73 Å². The number of hydrogen-bond acceptors (Lipinski definition) is 5. The summed E-state index contributed by atoms with van der Waals surface area (Å²) in [6, 6.07) is 8.24. The lowest BCUT2D eigenvalue weighted by Crippen LogP contribution is -1.94. The highest BCUT2D eigenvalue weighted by Crippen LogP contribution is 2.38. The van der Waals surface area contributed by atoms with E-state index in [4.69, 9.17) is 10.3 Å². The highest BCUT2D eigenvalue weighted by Gasteiger charge is 2.28. The maximum absolute atomic E-state index is 5.56. The molecule has 0 saturated heterocycles. The second-order valence-corrected chi connectivity index (χ2v) is 5.51. The molecule has 0 amide bonds. The van der Waals surface area contributed by atoms with Crippen molar-refractivity contribution in [3.8, 4) is 0 Å². The first-order valence-electron chi connectivity index (χ1n) is 6.09. The van der Waals surface area contributed by atoms with Crippen LogP contribution in [0.2, 0.25) is 0 Å². The highest BCUT2D eigenvalue weighted by atomic mass is 32.2. The molecular formula is C13H15N3OS. The second kappa shape index (κ2) is 5.12. The molecule has 0 atom stereocenters. The van der Waals surface area contributed by atoms with Crippen LogP contribution in [0.15, 0.2) is 33.7 Å². The van der Waals surface area contributed by atoms with Gasteiger partial charge in [0.1, 0.15) is 0 Å². The molecule has 4 nitrogen and oxygen atoms in total. The van der Waals surface area contributed by atoms with E-state index < -0.39 is 0 Å². The van der Waals surface area contributed by atoms with Crippen LogP contribution >= 0.6 is 11.8 Å². The molecule has 1 aliphatic carbocycles. The zero-order chi connectivity index (χ0) is 12.4. The van der Waals surface area contributed by atoms with Crippen LogP contribution in [0.1, 0.15) is 36.0 Å². The Morgan fingerprint density at radius 1 is 1.28 bits per heavy atom. The number of aromatic nitrogens is 2. The van der Waals surface area contributed by atoms with Crippen molar-refractivity contribution in [2.45, 2.75) is 36.0 Å². The molecule has 1 aromatic heterocycles. The summed E-state index contributed by atoms with van der Waals surface area (Å²) in [5, 5.41) is 4.00. The Morgan fingerprint density at radius 2 is 2.06 bits per heavy atom. The van der Waals surface area contributed by atoms with Crippen molar-refractivity contribution < 1.29 is 4.52 Å². The Kier molecular flexibility index (Phi) is 3.34. The van der Waals surface area contributed by atoms with Gasteiger partial charge in [-0.2, -0.15) is 4.98 Å². The Morgan fingerprint density at radius 3 is 2.72 bits per heavy atom. The molecule has 0 radical (unpaired) electrons. The SMILES string of the molecule is NCc1ccc(SCc2nc(C3CC3)no2)cc1. The number of hydrogen-bond donors (Lipinski definition) is 1. The van der Waals surface area contributed by atoms with Gasteiger partial charge >= 0.3 is 0 Å². The predicted molar refractivity (Wildman–Crippen MR) is 70.2 cm³/mol. The molecule has 2 aromatic rings. The first-order chi connectivity index (χ1) is 8.85. The number of nitrogens with zero attached hydrogens (tertiary/aromatic N) is 2. The van der Waals surface area contributed by atoms with Crippen molar-refractivity contribution in [3.05, 3.63) is 41.5 Å². The lowest BCUT2D eigenvalue weighted by Gasteiger charge is -2.00. The first-order valence-corrected chi connectivity index (χ1v) is 7.08. The van der Waals surface area contributed by atoms with E-state index >= 15 is 0 Å². The summed E-state index contributed by atoms with van der Waals surface area (Å²) in [6.45, 7) is 0.583. The summed E-state index contributed by atoms with van der Waals surface area (Å²) in [4.78, 5) is 5.60. The molecule has 0 bridgehead atoms. The highest BCUT2D eigenvalue weighted by molar-refractivity contribution is 7.98. The predicted octanol–water partition coefficient (Wildman–Crippen LogP) is 2.70. The first kappa shape index (κ1) is 11.7. The zero-order valence-electron chi connectivity index (χ0n) is 10.0. The average molecular weight is 261 g/mol. The van der Waals surface area contributed by atoms with Gasteiger partial charge in [-0.1, -0.05) is 17.3 Å². The van der Waals surface area contributed by atoms with E-state index in [2.05, 4.69) is 22.3 Å². The average Bonchev–Trinajstić information content (AvgIpc) is 3.16. The van der Waals surface area contributed by atoms with E-state index in [-0.39, 0.29) is 0 Å². The van der Waals surface area contributed by atoms with Crippen LogP contribution in [0.5, 0.6) is 0 Å². The summed E-state index contributed by atoms with van der Waals surface area (Å²) in [5.41, 5.74) is 6.71. The number of rotatable bonds is 5. The van der Waals surface area contributed by atoms with Gasteiger partial charge in [0.25, 0.3) is 0 Å². The summed E-state index contributed by atoms with van der Waals surface area (Å²) in [6.07, 6.45) is 2.40. The van der Waals surface area contributed by atoms with Crippen molar-refractivity contribution >= 4 is 11.8 Å². The molecule has 2 N–H and O–H groups in total. The van der Waals surface area contributed by atoms with Gasteiger partial charge < -0.3 is 10.3 Å². The quantitative estimate of drug-likeness (QED) is 0.838. The molecule has 1 saturated carbocycles. The van der Waals surface area contributed by atoms with Gasteiger partial charge in [0.15, 0.2) is 5.82 Å². The molecule has 1 aliphatic rings. The Balaban J connectivity index is 1.58. The van der Waals surface area contributed by atoms with E-state index in [0.29, 0.717) is 18.4 Å². The molecule has 0 unspecified atom stereocenters. The van der Waals surface area contributed by atoms with Crippen molar-refractivity contribution in [1.82, 2.24) is 10.1 Å². The minimum absolute atomic E-state index is 0.552. The third-order valence-corrected chi connectivity index (χ3v) is 3.94. The summed E-state index contributed by atoms with van der Waals surface area (Å²) >= 11 is 1.70. The van der Waals surface area contributed by atoms with Gasteiger partial charge in [0, 0.05) is 17.4 Å². The van der Waals surface area contributed by atoms with Crippen LogP contribution in [-0.2, 0) is 12.3 Å². The van der Waals surface area contributed by atoms with Gasteiger partial charge in [-0.3, -0.25) is 0 Å². The van der Waals surface area contributed by atoms with Crippen molar-refractivity contribution in [2.24, 2.45) is 5.73 Å². The lowest BCUT2D eigenvalue weighted by atomic mass is 10.2. The molecule has 0 spiro atoms. The monoisotopic (exact) mass is 261 g/mol. The standard InChI is InChI=1S/C13H15N3OS/c14-7-9-1-5-11(6-2-9)18-8-12-15-13(16-17-12)10-3-4-10/h1-2,5-6,10H,3-4,7-8,14H2. The van der Waals surface area contributed by atoms with Crippen molar-refractivity contribution in [1.29, 1.82) is 0 Å². The molecule has 0 aliphatic heterocycles. The van der Waals surface area contributed by atoms with E-state index in [1.54, 1.807) is 11.8 Å². The largest absolute Gasteiger partial charge is 0.338 e. The topological polar surface area (TPSA) is 64.9 Å². The summed E-state index contributed by atoms with van der Waals surface area (Å²) < 4.78 is 5.23. The molecular weight excluding hydrogens is 246 g/mol. The van der Waals surface area contributed by atoms with E-state index in [1.165, 1.54) is 17.7 Å². The van der Waals surface area contributed by atoms with Gasteiger partial charge in [0.05, 0.1) is 5.75 Å². The minimum Gasteiger partial charge on any atom is -0.338 e. The van der Waals surface area contributed by atoms with Crippen LogP contribution in [0.25, 0.3) is 0 Å². The smallest absolute Gasteiger partial charge is 0.237 e. The molecule has 18 heavy (non-hydrogen) atoms. The second-order valence-electron chi connectivity index (χ2n) is 4.46. The van der Waals surface area contributed by atoms with E-state index in [1.807, 2.05) is 12.1 Å². The molecule has 94 valence electrons. The summed E-state index contributed by atoms with van der Waals surface area (Å²) in [5.74, 6) is 2.87. The van der Waals surface area contributed by atoms with Crippen LogP contribution in [0.3, 0.4) is 0 Å². The van der Waals surface area contributed by atoms with E-state index in [9.17, 15) is 0 Å². The fourth-order valence-corrected chi connectivity index (χ4v) is 2.44. The van der Waals surface area contributed by atoms with Gasteiger partial charge in [-0.05, 0) is 30.5 Å². The maximum atomic E-state index is 5.56. The Labute approximate surface area is 110 Å². The van der Waals surface area contributed by atoms with Gasteiger partial charge in [0.2, 0.25) is 5.89 Å². The minimum atomic E-state index is 0.552. The lowest BCUT2D eigenvalue weighted by molar-refractivity contribution is 0.385. The van der Waals surface area contributed by atoms with Gasteiger partial charge in [-0.25, -0.2) is 0 Å². The molecule has 1 aromatic carbocycles. The fourth-order valence-electron chi connectivity index (χ4n) is 1.70. The Hall–Kier alpha value is -1.33. The number of nitrogens with two attached hydrogens (primary N) is 1. The fraction of sp³-hybridized carbons (Fsp3) is 0.385. The Bertz CT molecular complexity index is 519. The normalized spacial score (nSPS) is 14.9. The van der Waals surface area contributed by atoms with Crippen LogP contribution in [0.4, 0.5) is 0 Å². The van der Waals surface area contributed by atoms with E-state index in [0.717, 1.165) is 17.1 Å². The van der Waals surface area contributed by atoms with Crippen LogP contribution in [-0.4, -0.2) is 10.1 Å². The molecule has 1 fully saturated rings. The maximum Gasteiger partial charge on any atom is 0.237 e. The molecule has 5 heteroatoms. The summed E-state index contributed by atoms with van der Waals surface area (Å²) in [7, 11) is 0. The molecule has 3 rings (SSSR count). The van der Waals surface area contributed by atoms with Crippen LogP contribution in [0, 0.1) is 0 Å². The third-order valence-electron chi connectivity index (χ3n) is 2.95. The van der Waals surface area contributed by atoms with Gasteiger partial charge in [-0.15, -0.1) is 11.8 Å². The van der Waals surface area contributed by atoms with Crippen molar-refractivity contribution in [2.75, 3.05) is 0 Å². The number of benzene rings is 1. The molecule has 1 heterocycles. The third kappa shape index (κ3) is 2.73. The van der Waals surface area contributed by atoms with Crippen molar-refractivity contribution in [3.63, 3.8) is 0 Å².